The molecule has 1 N–H and O–H groups in total. The molecule has 2 aromatic carbocycles. The second kappa shape index (κ2) is 9.69. The van der Waals surface area contributed by atoms with E-state index in [1.165, 1.54) is 13.8 Å². The molecule has 0 fully saturated rings. The summed E-state index contributed by atoms with van der Waals surface area (Å²) in [5.41, 5.74) is 3.14. The molecule has 6 heteroatoms. The maximum absolute atomic E-state index is 12.2. The van der Waals surface area contributed by atoms with E-state index in [1.54, 1.807) is 24.3 Å². The van der Waals surface area contributed by atoms with Gasteiger partial charge in [0.05, 0.1) is 13.0 Å². The summed E-state index contributed by atoms with van der Waals surface area (Å²) >= 11 is 0. The molecule has 148 valence electrons. The Hall–Kier alpha value is -3.15. The minimum Gasteiger partial charge on any atom is -0.493 e. The number of hydrogen-bond donors (Lipinski definition) is 1. The van der Waals surface area contributed by atoms with Crippen LogP contribution in [0.1, 0.15) is 41.8 Å². The average Bonchev–Trinajstić information content (AvgIpc) is 2.64. The first-order chi connectivity index (χ1) is 13.3. The van der Waals surface area contributed by atoms with Gasteiger partial charge in [0, 0.05) is 11.3 Å². The third-order valence-electron chi connectivity index (χ3n) is 4.14. The standard InChI is InChI=1S/C22H25NO5/c1-14-5-6-15(2)20(13-14)27-12-11-21(25)28-17(4)22(26)23-19-9-7-18(8-10-19)16(3)24/h5-10,13,17H,11-12H2,1-4H3,(H,23,26)/t17-/m0/s1. The van der Waals surface area contributed by atoms with Gasteiger partial charge < -0.3 is 14.8 Å². The Kier molecular flexibility index (Phi) is 7.32. The van der Waals surface area contributed by atoms with E-state index in [0.717, 1.165) is 16.9 Å². The number of benzene rings is 2. The van der Waals surface area contributed by atoms with Gasteiger partial charge in [-0.15, -0.1) is 0 Å². The second-order valence-electron chi connectivity index (χ2n) is 6.62. The molecule has 0 aliphatic carbocycles. The highest BCUT2D eigenvalue weighted by molar-refractivity contribution is 5.97. The third-order valence-corrected chi connectivity index (χ3v) is 4.14. The quantitative estimate of drug-likeness (QED) is 0.553. The molecule has 0 unspecified atom stereocenters. The molecule has 0 aliphatic heterocycles. The van der Waals surface area contributed by atoms with Crippen molar-refractivity contribution in [1.82, 2.24) is 0 Å². The first kappa shape index (κ1) is 21.2. The van der Waals surface area contributed by atoms with Gasteiger partial charge in [0.25, 0.3) is 5.91 Å². The molecule has 28 heavy (non-hydrogen) atoms. The summed E-state index contributed by atoms with van der Waals surface area (Å²) in [5, 5.41) is 2.65. The van der Waals surface area contributed by atoms with Crippen LogP contribution in [0.15, 0.2) is 42.5 Å². The monoisotopic (exact) mass is 383 g/mol. The molecular weight excluding hydrogens is 358 g/mol. The van der Waals surface area contributed by atoms with E-state index in [9.17, 15) is 14.4 Å². The van der Waals surface area contributed by atoms with Crippen LogP contribution >= 0.6 is 0 Å². The van der Waals surface area contributed by atoms with Crippen LogP contribution in [0.3, 0.4) is 0 Å². The van der Waals surface area contributed by atoms with Crippen LogP contribution in [-0.2, 0) is 14.3 Å². The van der Waals surface area contributed by atoms with E-state index in [4.69, 9.17) is 9.47 Å². The van der Waals surface area contributed by atoms with E-state index in [-0.39, 0.29) is 18.8 Å². The number of carbonyl (C=O) groups is 3. The van der Waals surface area contributed by atoms with Crippen LogP contribution in [0.4, 0.5) is 5.69 Å². The zero-order valence-corrected chi connectivity index (χ0v) is 16.6. The van der Waals surface area contributed by atoms with Gasteiger partial charge in [0.1, 0.15) is 5.75 Å². The molecule has 1 atom stereocenters. The number of esters is 1. The summed E-state index contributed by atoms with van der Waals surface area (Å²) in [6.07, 6.45) is -0.904. The highest BCUT2D eigenvalue weighted by Crippen LogP contribution is 2.19. The number of ketones is 1. The van der Waals surface area contributed by atoms with Gasteiger partial charge in [-0.05, 0) is 69.2 Å². The molecule has 6 nitrogen and oxygen atoms in total. The van der Waals surface area contributed by atoms with Gasteiger partial charge in [-0.25, -0.2) is 0 Å². The van der Waals surface area contributed by atoms with Crippen molar-refractivity contribution in [1.29, 1.82) is 0 Å². The van der Waals surface area contributed by atoms with Crippen molar-refractivity contribution in [2.24, 2.45) is 0 Å². The average molecular weight is 383 g/mol. The minimum absolute atomic E-state index is 0.0400. The summed E-state index contributed by atoms with van der Waals surface area (Å²) in [4.78, 5) is 35.4. The zero-order valence-electron chi connectivity index (χ0n) is 16.6. The van der Waals surface area contributed by atoms with Gasteiger partial charge in [0.2, 0.25) is 0 Å². The zero-order chi connectivity index (χ0) is 20.7. The molecule has 0 bridgehead atoms. The van der Waals surface area contributed by atoms with Crippen molar-refractivity contribution in [2.75, 3.05) is 11.9 Å². The van der Waals surface area contributed by atoms with E-state index in [0.29, 0.717) is 11.3 Å². The Morgan fingerprint density at radius 1 is 1.04 bits per heavy atom. The molecule has 0 saturated carbocycles. The largest absolute Gasteiger partial charge is 0.493 e. The Morgan fingerprint density at radius 2 is 1.71 bits per heavy atom. The fraction of sp³-hybridized carbons (Fsp3) is 0.318. The van der Waals surface area contributed by atoms with E-state index >= 15 is 0 Å². The van der Waals surface area contributed by atoms with Crippen LogP contribution in [0.5, 0.6) is 5.75 Å². The third kappa shape index (κ3) is 6.23. The predicted octanol–water partition coefficient (Wildman–Crippen LogP) is 3.85. The van der Waals surface area contributed by atoms with E-state index in [2.05, 4.69) is 5.32 Å². The molecule has 0 radical (unpaired) electrons. The maximum atomic E-state index is 12.2. The van der Waals surface area contributed by atoms with Gasteiger partial charge in [-0.1, -0.05) is 12.1 Å². The molecule has 0 aromatic heterocycles. The highest BCUT2D eigenvalue weighted by Gasteiger charge is 2.18. The molecule has 2 aromatic rings. The van der Waals surface area contributed by atoms with Crippen molar-refractivity contribution in [2.45, 2.75) is 40.2 Å². The topological polar surface area (TPSA) is 81.7 Å². The number of amides is 1. The highest BCUT2D eigenvalue weighted by atomic mass is 16.5. The number of hydrogen-bond acceptors (Lipinski definition) is 5. The molecule has 2 rings (SSSR count). The van der Waals surface area contributed by atoms with Crippen molar-refractivity contribution >= 4 is 23.3 Å². The van der Waals surface area contributed by atoms with Gasteiger partial charge in [-0.2, -0.15) is 0 Å². The SMILES string of the molecule is CC(=O)c1ccc(NC(=O)[C@H](C)OC(=O)CCOc2cc(C)ccc2C)cc1. The number of nitrogens with one attached hydrogen (secondary N) is 1. The fourth-order valence-electron chi connectivity index (χ4n) is 2.45. The molecule has 1 amide bonds. The molecule has 0 saturated heterocycles. The van der Waals surface area contributed by atoms with Gasteiger partial charge in [0.15, 0.2) is 11.9 Å². The number of anilines is 1. The van der Waals surface area contributed by atoms with Crippen molar-refractivity contribution in [3.63, 3.8) is 0 Å². The Morgan fingerprint density at radius 3 is 2.36 bits per heavy atom. The van der Waals surface area contributed by atoms with Crippen molar-refractivity contribution < 1.29 is 23.9 Å². The van der Waals surface area contributed by atoms with Gasteiger partial charge >= 0.3 is 5.97 Å². The van der Waals surface area contributed by atoms with E-state index < -0.39 is 18.0 Å². The number of ether oxygens (including phenoxy) is 2. The van der Waals surface area contributed by atoms with Crippen LogP contribution in [0.25, 0.3) is 0 Å². The number of Topliss-reactive ketones (excluding diaryl/α,β-unsaturated/α-hetero) is 1. The lowest BCUT2D eigenvalue weighted by molar-refractivity contribution is -0.153. The van der Waals surface area contributed by atoms with Crippen LogP contribution in [0, 0.1) is 13.8 Å². The lowest BCUT2D eigenvalue weighted by Gasteiger charge is -2.14. The summed E-state index contributed by atoms with van der Waals surface area (Å²) in [7, 11) is 0. The van der Waals surface area contributed by atoms with E-state index in [1.807, 2.05) is 32.0 Å². The van der Waals surface area contributed by atoms with Crippen LogP contribution in [-0.4, -0.2) is 30.4 Å². The molecule has 0 aliphatic rings. The van der Waals surface area contributed by atoms with Gasteiger partial charge in [-0.3, -0.25) is 14.4 Å². The smallest absolute Gasteiger partial charge is 0.310 e. The Balaban J connectivity index is 1.78. The fourth-order valence-corrected chi connectivity index (χ4v) is 2.45. The number of carbonyl (C=O) groups excluding carboxylic acids is 3. The lowest BCUT2D eigenvalue weighted by atomic mass is 10.1. The maximum Gasteiger partial charge on any atom is 0.310 e. The van der Waals surface area contributed by atoms with Crippen LogP contribution < -0.4 is 10.1 Å². The number of aryl methyl sites for hydroxylation is 2. The molecule has 0 heterocycles. The first-order valence-corrected chi connectivity index (χ1v) is 9.07. The normalized spacial score (nSPS) is 11.4. The van der Waals surface area contributed by atoms with Crippen molar-refractivity contribution in [3.8, 4) is 5.75 Å². The lowest BCUT2D eigenvalue weighted by Crippen LogP contribution is -2.30. The summed E-state index contributed by atoms with van der Waals surface area (Å²) in [6, 6.07) is 12.4. The Bertz CT molecular complexity index is 858. The predicted molar refractivity (Wildman–Crippen MR) is 107 cm³/mol. The summed E-state index contributed by atoms with van der Waals surface area (Å²) in [6.45, 7) is 7.04. The molecule has 0 spiro atoms. The molecular formula is C22H25NO5. The first-order valence-electron chi connectivity index (χ1n) is 9.07. The summed E-state index contributed by atoms with van der Waals surface area (Å²) in [5.74, 6) is -0.282. The van der Waals surface area contributed by atoms with Crippen molar-refractivity contribution in [3.05, 3.63) is 59.2 Å². The summed E-state index contributed by atoms with van der Waals surface area (Å²) < 4.78 is 10.8. The Labute approximate surface area is 164 Å². The van der Waals surface area contributed by atoms with Crippen LogP contribution in [0.2, 0.25) is 0 Å². The minimum atomic E-state index is -0.944. The number of rotatable bonds is 8. The second-order valence-corrected chi connectivity index (χ2v) is 6.62.